The van der Waals surface area contributed by atoms with Crippen LogP contribution in [0.1, 0.15) is 28.8 Å². The van der Waals surface area contributed by atoms with Crippen LogP contribution in [0.5, 0.6) is 0 Å². The van der Waals surface area contributed by atoms with Crippen LogP contribution in [0.15, 0.2) is 30.3 Å². The van der Waals surface area contributed by atoms with Gasteiger partial charge >= 0.3 is 0 Å². The minimum atomic E-state index is -2.90. The summed E-state index contributed by atoms with van der Waals surface area (Å²) in [6.07, 6.45) is 4.00. The number of hydrogen-bond acceptors (Lipinski definition) is 5. The van der Waals surface area contributed by atoms with Crippen LogP contribution in [0.3, 0.4) is 0 Å². The van der Waals surface area contributed by atoms with Crippen molar-refractivity contribution >= 4 is 33.4 Å². The van der Waals surface area contributed by atoms with E-state index < -0.39 is 9.84 Å². The minimum Gasteiger partial charge on any atom is -0.337 e. The molecule has 1 atom stereocenters. The molecule has 4 rings (SSSR count). The lowest BCUT2D eigenvalue weighted by molar-refractivity contribution is -0.127. The summed E-state index contributed by atoms with van der Waals surface area (Å²) in [5.74, 6) is 0.452. The first-order valence-electron chi connectivity index (χ1n) is 10.9. The van der Waals surface area contributed by atoms with Crippen molar-refractivity contribution in [1.82, 2.24) is 19.6 Å². The lowest BCUT2D eigenvalue weighted by Gasteiger charge is -2.37. The first kappa shape index (κ1) is 23.0. The van der Waals surface area contributed by atoms with Gasteiger partial charge in [0.1, 0.15) is 5.15 Å². The van der Waals surface area contributed by atoms with Crippen molar-refractivity contribution in [2.75, 3.05) is 37.7 Å². The third kappa shape index (κ3) is 5.24. The Hall–Kier alpha value is -2.16. The van der Waals surface area contributed by atoms with Crippen LogP contribution in [0.2, 0.25) is 5.15 Å². The first-order chi connectivity index (χ1) is 15.2. The highest BCUT2D eigenvalue weighted by Crippen LogP contribution is 2.23. The molecule has 0 bridgehead atoms. The van der Waals surface area contributed by atoms with Crippen molar-refractivity contribution in [2.45, 2.75) is 32.9 Å². The molecule has 32 heavy (non-hydrogen) atoms. The molecule has 2 saturated heterocycles. The number of aryl methyl sites for hydroxylation is 2. The molecule has 0 N–H and O–H groups in total. The van der Waals surface area contributed by atoms with Gasteiger partial charge in [0.15, 0.2) is 9.84 Å². The average Bonchev–Trinajstić information content (AvgIpc) is 3.26. The highest BCUT2D eigenvalue weighted by molar-refractivity contribution is 7.91. The number of sulfone groups is 1. The smallest absolute Gasteiger partial charge is 0.246 e. The normalized spacial score (nSPS) is 21.5. The van der Waals surface area contributed by atoms with E-state index in [1.165, 1.54) is 5.56 Å². The summed E-state index contributed by atoms with van der Waals surface area (Å²) in [6, 6.07) is 8.33. The van der Waals surface area contributed by atoms with Gasteiger partial charge in [0.25, 0.3) is 0 Å². The van der Waals surface area contributed by atoms with Gasteiger partial charge in [-0.1, -0.05) is 41.4 Å². The summed E-state index contributed by atoms with van der Waals surface area (Å²) in [4.78, 5) is 16.7. The SMILES string of the molecule is Cc1ccc(Cn2nc(C)c(/C=C/C(=O)N3CCN([C@H]4CCS(=O)(=O)C4)CC3)c2Cl)cc1. The van der Waals surface area contributed by atoms with Gasteiger partial charge in [0.05, 0.1) is 23.7 Å². The largest absolute Gasteiger partial charge is 0.337 e. The Bertz CT molecular complexity index is 1120. The number of rotatable bonds is 5. The molecule has 2 aliphatic rings. The number of piperazine rings is 1. The zero-order valence-electron chi connectivity index (χ0n) is 18.5. The zero-order valence-corrected chi connectivity index (χ0v) is 20.1. The van der Waals surface area contributed by atoms with Crippen molar-refractivity contribution in [3.63, 3.8) is 0 Å². The second-order valence-electron chi connectivity index (χ2n) is 8.68. The molecule has 0 saturated carbocycles. The van der Waals surface area contributed by atoms with Crippen molar-refractivity contribution in [2.24, 2.45) is 0 Å². The molecule has 0 radical (unpaired) electrons. The quantitative estimate of drug-likeness (QED) is 0.620. The van der Waals surface area contributed by atoms with E-state index >= 15 is 0 Å². The van der Waals surface area contributed by atoms with E-state index in [-0.39, 0.29) is 23.5 Å². The van der Waals surface area contributed by atoms with Crippen LogP contribution in [0.25, 0.3) is 6.08 Å². The Labute approximate surface area is 194 Å². The van der Waals surface area contributed by atoms with Gasteiger partial charge in [-0.2, -0.15) is 5.10 Å². The topological polar surface area (TPSA) is 75.5 Å². The van der Waals surface area contributed by atoms with Crippen molar-refractivity contribution in [3.05, 3.63) is 57.9 Å². The van der Waals surface area contributed by atoms with E-state index in [1.807, 2.05) is 13.8 Å². The van der Waals surface area contributed by atoms with Gasteiger partial charge in [-0.15, -0.1) is 0 Å². The number of nitrogens with zero attached hydrogens (tertiary/aromatic N) is 4. The number of aromatic nitrogens is 2. The van der Waals surface area contributed by atoms with Crippen LogP contribution in [-0.2, 0) is 21.2 Å². The molecule has 0 aliphatic carbocycles. The van der Waals surface area contributed by atoms with Crippen LogP contribution < -0.4 is 0 Å². The highest BCUT2D eigenvalue weighted by atomic mass is 35.5. The van der Waals surface area contributed by atoms with E-state index in [9.17, 15) is 13.2 Å². The van der Waals surface area contributed by atoms with Gasteiger partial charge in [0, 0.05) is 43.9 Å². The molecule has 3 heterocycles. The maximum Gasteiger partial charge on any atom is 0.246 e. The van der Waals surface area contributed by atoms with E-state index in [0.29, 0.717) is 44.3 Å². The molecule has 2 fully saturated rings. The molecule has 1 aromatic heterocycles. The maximum atomic E-state index is 12.7. The molecule has 7 nitrogen and oxygen atoms in total. The van der Waals surface area contributed by atoms with Crippen molar-refractivity contribution < 1.29 is 13.2 Å². The first-order valence-corrected chi connectivity index (χ1v) is 13.1. The van der Waals surface area contributed by atoms with Gasteiger partial charge in [-0.25, -0.2) is 13.1 Å². The lowest BCUT2D eigenvalue weighted by Crippen LogP contribution is -2.52. The van der Waals surface area contributed by atoms with E-state index in [2.05, 4.69) is 34.3 Å². The second-order valence-corrected chi connectivity index (χ2v) is 11.3. The maximum absolute atomic E-state index is 12.7. The Morgan fingerprint density at radius 1 is 1.16 bits per heavy atom. The fourth-order valence-electron chi connectivity index (χ4n) is 4.36. The molecule has 2 aliphatic heterocycles. The summed E-state index contributed by atoms with van der Waals surface area (Å²) >= 11 is 6.56. The number of benzene rings is 1. The molecular weight excluding hydrogens is 448 g/mol. The molecule has 1 aromatic carbocycles. The Kier molecular flexibility index (Phi) is 6.74. The van der Waals surface area contributed by atoms with Gasteiger partial charge in [-0.3, -0.25) is 9.69 Å². The summed E-state index contributed by atoms with van der Waals surface area (Å²) in [5.41, 5.74) is 3.84. The predicted octanol–water partition coefficient (Wildman–Crippen LogP) is 2.55. The number of carbonyl (C=O) groups excluding carboxylic acids is 1. The van der Waals surface area contributed by atoms with E-state index in [0.717, 1.165) is 16.8 Å². The zero-order chi connectivity index (χ0) is 22.9. The fourth-order valence-corrected chi connectivity index (χ4v) is 6.42. The van der Waals surface area contributed by atoms with E-state index in [4.69, 9.17) is 11.6 Å². The predicted molar refractivity (Wildman–Crippen MR) is 127 cm³/mol. The van der Waals surface area contributed by atoms with Gasteiger partial charge < -0.3 is 4.90 Å². The second kappa shape index (κ2) is 9.37. The summed E-state index contributed by atoms with van der Waals surface area (Å²) < 4.78 is 25.2. The Balaban J connectivity index is 1.35. The van der Waals surface area contributed by atoms with Crippen LogP contribution in [-0.4, -0.2) is 77.6 Å². The highest BCUT2D eigenvalue weighted by Gasteiger charge is 2.34. The lowest BCUT2D eigenvalue weighted by atomic mass is 10.1. The number of hydrogen-bond donors (Lipinski definition) is 0. The summed E-state index contributed by atoms with van der Waals surface area (Å²) in [7, 11) is -2.90. The number of amides is 1. The summed E-state index contributed by atoms with van der Waals surface area (Å²) in [6.45, 7) is 7.10. The molecule has 9 heteroatoms. The Morgan fingerprint density at radius 2 is 1.84 bits per heavy atom. The molecule has 0 unspecified atom stereocenters. The molecule has 1 amide bonds. The Morgan fingerprint density at radius 3 is 2.47 bits per heavy atom. The molecule has 0 spiro atoms. The number of carbonyl (C=O) groups is 1. The minimum absolute atomic E-state index is 0.0644. The summed E-state index contributed by atoms with van der Waals surface area (Å²) in [5, 5.41) is 5.05. The number of halogens is 1. The monoisotopic (exact) mass is 476 g/mol. The van der Waals surface area contributed by atoms with Gasteiger partial charge in [0.2, 0.25) is 5.91 Å². The van der Waals surface area contributed by atoms with Crippen LogP contribution in [0.4, 0.5) is 0 Å². The van der Waals surface area contributed by atoms with Crippen molar-refractivity contribution in [1.29, 1.82) is 0 Å². The standard InChI is InChI=1S/C23H29ClN4O3S/c1-17-3-5-19(6-4-17)15-28-23(24)21(18(2)25-28)7-8-22(29)27-12-10-26(11-13-27)20-9-14-32(30,31)16-20/h3-8,20H,9-16H2,1-2H3/b8-7+/t20-/m0/s1. The third-order valence-electron chi connectivity index (χ3n) is 6.31. The molecule has 2 aromatic rings. The van der Waals surface area contributed by atoms with E-state index in [1.54, 1.807) is 21.7 Å². The average molecular weight is 477 g/mol. The third-order valence-corrected chi connectivity index (χ3v) is 8.45. The van der Waals surface area contributed by atoms with Crippen LogP contribution >= 0.6 is 11.6 Å². The van der Waals surface area contributed by atoms with Gasteiger partial charge in [-0.05, 0) is 31.9 Å². The molecule has 172 valence electrons. The molecular formula is C23H29ClN4O3S. The fraction of sp³-hybridized carbons (Fsp3) is 0.478. The van der Waals surface area contributed by atoms with Crippen LogP contribution in [0, 0.1) is 13.8 Å². The van der Waals surface area contributed by atoms with Crippen molar-refractivity contribution in [3.8, 4) is 0 Å².